The van der Waals surface area contributed by atoms with Gasteiger partial charge in [-0.05, 0) is 123 Å². The van der Waals surface area contributed by atoms with Crippen molar-refractivity contribution in [2.45, 2.75) is 27.7 Å². The third kappa shape index (κ3) is 7.58. The van der Waals surface area contributed by atoms with Gasteiger partial charge in [-0.2, -0.15) is 21.9 Å². The lowest BCUT2D eigenvalue weighted by atomic mass is 9.11. The predicted molar refractivity (Wildman–Crippen MR) is 209 cm³/mol. The number of hydrogen-bond donors (Lipinski definition) is 0. The van der Waals surface area contributed by atoms with E-state index in [9.17, 15) is 17.6 Å². The summed E-state index contributed by atoms with van der Waals surface area (Å²) in [6, 6.07) is 37.3. The predicted octanol–water partition coefficient (Wildman–Crippen LogP) is 10.1. The lowest BCUT2D eigenvalue weighted by Crippen LogP contribution is -2.77. The molecule has 0 aliphatic rings. The van der Waals surface area contributed by atoms with Crippen LogP contribution >= 0.6 is 0 Å². The molecule has 7 rings (SSSR count). The van der Waals surface area contributed by atoms with E-state index in [1.807, 2.05) is 0 Å². The van der Waals surface area contributed by atoms with Crippen molar-refractivity contribution in [2.24, 2.45) is 0 Å². The first-order valence-electron chi connectivity index (χ1n) is 17.8. The van der Waals surface area contributed by atoms with Gasteiger partial charge in [-0.3, -0.25) is 0 Å². The molecule has 0 bridgehead atoms. The monoisotopic (exact) mass is 762 g/mol. The van der Waals surface area contributed by atoms with Crippen LogP contribution in [0.4, 0.5) is 35.1 Å². The van der Waals surface area contributed by atoms with Crippen LogP contribution in [0.5, 0.6) is 0 Å². The zero-order chi connectivity index (χ0) is 40.3. The summed E-state index contributed by atoms with van der Waals surface area (Å²) in [6.07, 6.45) is -3.39. The van der Waals surface area contributed by atoms with Crippen molar-refractivity contribution in [3.8, 4) is 0 Å². The van der Waals surface area contributed by atoms with Crippen LogP contribution in [0.2, 0.25) is 0 Å². The zero-order valence-electron chi connectivity index (χ0n) is 30.9. The molecule has 0 fully saturated rings. The summed E-state index contributed by atoms with van der Waals surface area (Å²) in [4.78, 5) is 0. The molecule has 56 heavy (non-hydrogen) atoms. The minimum atomic E-state index is -3.39. The number of rotatable bonds is 7. The summed E-state index contributed by atoms with van der Waals surface area (Å²) in [7, 11) is 0. The van der Waals surface area contributed by atoms with Crippen LogP contribution < -0.4 is 21.9 Å². The molecule has 0 aliphatic heterocycles. The second-order valence-electron chi connectivity index (χ2n) is 13.7. The first-order valence-corrected chi connectivity index (χ1v) is 17.8. The summed E-state index contributed by atoms with van der Waals surface area (Å²) in [6.45, 7) is 4.95. The SMILES string of the molecule is Cc1c(F)cc(F)cc1[B-](c1cc(F)cc(F)c1C)(c1cc(F)cc(F)c1C)c1cc(F)cc(F)c1C.c1ccc([C+](c2ccccc2)c2ccccc2)cc1. The molecule has 282 valence electrons. The Kier molecular flexibility index (Phi) is 11.6. The van der Waals surface area contributed by atoms with Crippen molar-refractivity contribution >= 4 is 28.0 Å². The fraction of sp³-hybridized carbons (Fsp3) is 0.0851. The summed E-state index contributed by atoms with van der Waals surface area (Å²) in [5.74, 6) is -7.43. The Hall–Kier alpha value is -6.09. The topological polar surface area (TPSA) is 0 Å². The molecular formula is C47H35BF8. The molecule has 0 nitrogen and oxygen atoms in total. The Morgan fingerprint density at radius 2 is 0.536 bits per heavy atom. The molecule has 0 aromatic heterocycles. The van der Waals surface area contributed by atoms with Crippen LogP contribution in [0.1, 0.15) is 38.9 Å². The maximum Gasteiger partial charge on any atom is 0.125 e. The first-order chi connectivity index (χ1) is 26.7. The lowest BCUT2D eigenvalue weighted by Gasteiger charge is -2.48. The van der Waals surface area contributed by atoms with Crippen molar-refractivity contribution in [1.29, 1.82) is 0 Å². The smallest absolute Gasteiger partial charge is 0.125 e. The van der Waals surface area contributed by atoms with Crippen LogP contribution in [0.15, 0.2) is 140 Å². The van der Waals surface area contributed by atoms with Gasteiger partial charge in [0.2, 0.25) is 0 Å². The molecule has 0 radical (unpaired) electrons. The van der Waals surface area contributed by atoms with E-state index in [4.69, 9.17) is 0 Å². The Labute approximate surface area is 321 Å². The van der Waals surface area contributed by atoms with Gasteiger partial charge in [0, 0.05) is 24.3 Å². The molecule has 0 heterocycles. The van der Waals surface area contributed by atoms with Crippen LogP contribution in [0, 0.1) is 80.2 Å². The van der Waals surface area contributed by atoms with E-state index in [1.54, 1.807) is 0 Å². The third-order valence-electron chi connectivity index (χ3n) is 10.5. The molecular weight excluding hydrogens is 727 g/mol. The van der Waals surface area contributed by atoms with Crippen molar-refractivity contribution in [1.82, 2.24) is 0 Å². The maximum absolute atomic E-state index is 15.0. The summed E-state index contributed by atoms with van der Waals surface area (Å²) in [5, 5.41) is 0. The van der Waals surface area contributed by atoms with Gasteiger partial charge in [0.05, 0.1) is 22.6 Å². The Morgan fingerprint density at radius 1 is 0.321 bits per heavy atom. The van der Waals surface area contributed by atoms with Gasteiger partial charge in [0.15, 0.2) is 0 Å². The van der Waals surface area contributed by atoms with E-state index in [-0.39, 0.29) is 44.1 Å². The average molecular weight is 763 g/mol. The highest BCUT2D eigenvalue weighted by Gasteiger charge is 2.39. The van der Waals surface area contributed by atoms with Gasteiger partial charge in [-0.25, -0.2) is 35.1 Å². The minimum Gasteiger partial charge on any atom is -0.207 e. The van der Waals surface area contributed by atoms with Crippen molar-refractivity contribution in [2.75, 3.05) is 0 Å². The third-order valence-corrected chi connectivity index (χ3v) is 10.5. The van der Waals surface area contributed by atoms with Gasteiger partial charge in [0.25, 0.3) is 0 Å². The highest BCUT2D eigenvalue weighted by molar-refractivity contribution is 7.20. The van der Waals surface area contributed by atoms with E-state index in [2.05, 4.69) is 91.0 Å². The molecule has 0 atom stereocenters. The van der Waals surface area contributed by atoms with Crippen molar-refractivity contribution < 1.29 is 35.1 Å². The molecule has 0 N–H and O–H groups in total. The highest BCUT2D eigenvalue weighted by Crippen LogP contribution is 2.30. The van der Waals surface area contributed by atoms with Crippen molar-refractivity contribution in [3.05, 3.63) is 231 Å². The van der Waals surface area contributed by atoms with E-state index in [1.165, 1.54) is 50.3 Å². The van der Waals surface area contributed by atoms with Crippen molar-refractivity contribution in [3.63, 3.8) is 0 Å². The molecule has 0 unspecified atom stereocenters. The highest BCUT2D eigenvalue weighted by atomic mass is 19.2. The molecule has 0 saturated carbocycles. The van der Waals surface area contributed by atoms with Crippen LogP contribution in [-0.2, 0) is 0 Å². The van der Waals surface area contributed by atoms with E-state index >= 15 is 17.6 Å². The van der Waals surface area contributed by atoms with E-state index in [0.29, 0.717) is 24.3 Å². The Morgan fingerprint density at radius 3 is 0.750 bits per heavy atom. The largest absolute Gasteiger partial charge is 0.207 e. The molecule has 0 spiro atoms. The van der Waals surface area contributed by atoms with Crippen LogP contribution in [0.3, 0.4) is 0 Å². The van der Waals surface area contributed by atoms with E-state index < -0.39 is 52.7 Å². The summed E-state index contributed by atoms with van der Waals surface area (Å²) >= 11 is 0. The fourth-order valence-electron chi connectivity index (χ4n) is 7.78. The number of hydrogen-bond acceptors (Lipinski definition) is 0. The van der Waals surface area contributed by atoms with E-state index in [0.717, 1.165) is 24.3 Å². The molecule has 9 heteroatoms. The molecule has 0 saturated heterocycles. The minimum absolute atomic E-state index is 0.237. The number of halogens is 8. The van der Waals surface area contributed by atoms with Gasteiger partial charge in [0.1, 0.15) is 52.7 Å². The zero-order valence-corrected chi connectivity index (χ0v) is 30.9. The van der Waals surface area contributed by atoms with Crippen LogP contribution in [0.25, 0.3) is 0 Å². The fourth-order valence-corrected chi connectivity index (χ4v) is 7.78. The van der Waals surface area contributed by atoms with Crippen LogP contribution in [-0.4, -0.2) is 6.15 Å². The maximum atomic E-state index is 15.0. The normalized spacial score (nSPS) is 11.2. The summed E-state index contributed by atoms with van der Waals surface area (Å²) < 4.78 is 119. The lowest BCUT2D eigenvalue weighted by molar-refractivity contribution is 0.579. The Balaban J connectivity index is 0.000000233. The van der Waals surface area contributed by atoms with Gasteiger partial charge < -0.3 is 0 Å². The second kappa shape index (κ2) is 16.3. The molecule has 7 aromatic rings. The average Bonchev–Trinajstić information content (AvgIpc) is 3.17. The second-order valence-corrected chi connectivity index (χ2v) is 13.7. The van der Waals surface area contributed by atoms with Gasteiger partial charge in [-0.15, -0.1) is 0 Å². The quantitative estimate of drug-likeness (QED) is 0.0657. The Bertz CT molecular complexity index is 2170. The van der Waals surface area contributed by atoms with Gasteiger partial charge in [-0.1, -0.05) is 42.5 Å². The first kappa shape index (κ1) is 39.6. The summed E-state index contributed by atoms with van der Waals surface area (Å²) in [5.41, 5.74) is 1.66. The van der Waals surface area contributed by atoms with Gasteiger partial charge >= 0.3 is 0 Å². The molecule has 0 amide bonds. The standard InChI is InChI=1S/C28H20BF8.C19H15/c1-13-21(5-17(30)9-25(13)34)29(22-6-18(31)10-26(35)14(22)2,23-7-19(32)11-27(36)15(23)3)24-8-20(33)12-28(37)16(24)4;1-4-10-16(11-5-1)19(17-12-6-2-7-13-17)18-14-8-3-9-15-18/h5-12H,1-4H3;1-15H/q-1;+1. The molecule has 7 aromatic carbocycles. The molecule has 0 aliphatic carbocycles. The number of benzene rings is 7.